The first-order valence-corrected chi connectivity index (χ1v) is 6.07. The number of aryl methyl sites for hydroxylation is 1. The third kappa shape index (κ3) is 4.19. The fraction of sp³-hybridized carbons (Fsp3) is 0.467. The van der Waals surface area contributed by atoms with E-state index < -0.39 is 0 Å². The molecule has 0 saturated heterocycles. The molecule has 1 heteroatoms. The lowest BCUT2D eigenvalue weighted by Gasteiger charge is -2.19. The van der Waals surface area contributed by atoms with Crippen molar-refractivity contribution in [3.63, 3.8) is 0 Å². The van der Waals surface area contributed by atoms with Crippen molar-refractivity contribution in [2.45, 2.75) is 39.7 Å². The summed E-state index contributed by atoms with van der Waals surface area (Å²) < 4.78 is 0. The maximum atomic E-state index is 4.01. The fourth-order valence-electron chi connectivity index (χ4n) is 1.86. The molecule has 1 unspecified atom stereocenters. The molecular weight excluding hydrogens is 194 g/mol. The quantitative estimate of drug-likeness (QED) is 0.710. The van der Waals surface area contributed by atoms with Crippen molar-refractivity contribution in [3.05, 3.63) is 47.5 Å². The molecule has 1 aromatic carbocycles. The van der Waals surface area contributed by atoms with Gasteiger partial charge in [-0.05, 0) is 38.8 Å². The van der Waals surface area contributed by atoms with Crippen molar-refractivity contribution in [2.24, 2.45) is 0 Å². The van der Waals surface area contributed by atoms with Gasteiger partial charge in [0.2, 0.25) is 0 Å². The van der Waals surface area contributed by atoms with Gasteiger partial charge >= 0.3 is 0 Å². The van der Waals surface area contributed by atoms with Crippen molar-refractivity contribution >= 4 is 0 Å². The molecule has 0 saturated carbocycles. The largest absolute Gasteiger partial charge is 0.310 e. The molecule has 1 rings (SSSR count). The molecule has 0 bridgehead atoms. The SMILES string of the molecule is C=C(C)CC(NCCC)c1cccc(C)c1. The van der Waals surface area contributed by atoms with E-state index >= 15 is 0 Å². The van der Waals surface area contributed by atoms with Crippen molar-refractivity contribution in [1.82, 2.24) is 5.32 Å². The van der Waals surface area contributed by atoms with Gasteiger partial charge in [-0.25, -0.2) is 0 Å². The van der Waals surface area contributed by atoms with Crippen LogP contribution in [0.3, 0.4) is 0 Å². The summed E-state index contributed by atoms with van der Waals surface area (Å²) in [6.07, 6.45) is 2.18. The van der Waals surface area contributed by atoms with Gasteiger partial charge in [-0.3, -0.25) is 0 Å². The molecule has 0 aromatic heterocycles. The zero-order valence-electron chi connectivity index (χ0n) is 10.7. The van der Waals surface area contributed by atoms with E-state index in [1.807, 2.05) is 0 Å². The Morgan fingerprint density at radius 2 is 2.19 bits per heavy atom. The predicted molar refractivity (Wildman–Crippen MR) is 71.6 cm³/mol. The predicted octanol–water partition coefficient (Wildman–Crippen LogP) is 4.00. The van der Waals surface area contributed by atoms with Gasteiger partial charge < -0.3 is 5.32 Å². The summed E-state index contributed by atoms with van der Waals surface area (Å²) >= 11 is 0. The van der Waals surface area contributed by atoms with Crippen LogP contribution in [0.5, 0.6) is 0 Å². The number of hydrogen-bond donors (Lipinski definition) is 1. The average Bonchev–Trinajstić information content (AvgIpc) is 2.23. The van der Waals surface area contributed by atoms with Crippen molar-refractivity contribution in [1.29, 1.82) is 0 Å². The van der Waals surface area contributed by atoms with E-state index in [4.69, 9.17) is 0 Å². The first kappa shape index (κ1) is 13.0. The van der Waals surface area contributed by atoms with E-state index in [2.05, 4.69) is 56.9 Å². The van der Waals surface area contributed by atoms with Crippen LogP contribution < -0.4 is 5.32 Å². The summed E-state index contributed by atoms with van der Waals surface area (Å²) in [4.78, 5) is 0. The summed E-state index contributed by atoms with van der Waals surface area (Å²) in [5, 5.41) is 3.58. The highest BCUT2D eigenvalue weighted by Crippen LogP contribution is 2.21. The first-order chi connectivity index (χ1) is 7.63. The summed E-state index contributed by atoms with van der Waals surface area (Å²) in [6.45, 7) is 11.5. The second-order valence-electron chi connectivity index (χ2n) is 4.58. The zero-order valence-corrected chi connectivity index (χ0v) is 10.7. The van der Waals surface area contributed by atoms with Crippen LogP contribution in [-0.4, -0.2) is 6.54 Å². The van der Waals surface area contributed by atoms with E-state index in [1.165, 1.54) is 23.1 Å². The zero-order chi connectivity index (χ0) is 12.0. The van der Waals surface area contributed by atoms with Crippen LogP contribution in [0.2, 0.25) is 0 Å². The molecule has 0 aliphatic heterocycles. The molecule has 0 fully saturated rings. The Morgan fingerprint density at radius 1 is 1.44 bits per heavy atom. The van der Waals surface area contributed by atoms with Crippen LogP contribution in [0.15, 0.2) is 36.4 Å². The Hall–Kier alpha value is -1.08. The smallest absolute Gasteiger partial charge is 0.0357 e. The van der Waals surface area contributed by atoms with Gasteiger partial charge in [-0.15, -0.1) is 6.58 Å². The summed E-state index contributed by atoms with van der Waals surface area (Å²) in [5.74, 6) is 0. The second kappa shape index (κ2) is 6.49. The molecule has 1 N–H and O–H groups in total. The van der Waals surface area contributed by atoms with Gasteiger partial charge in [0, 0.05) is 6.04 Å². The van der Waals surface area contributed by atoms with Crippen LogP contribution in [0.25, 0.3) is 0 Å². The normalized spacial score (nSPS) is 12.4. The maximum Gasteiger partial charge on any atom is 0.0357 e. The highest BCUT2D eigenvalue weighted by Gasteiger charge is 2.10. The summed E-state index contributed by atoms with van der Waals surface area (Å²) in [6, 6.07) is 9.14. The van der Waals surface area contributed by atoms with Gasteiger partial charge in [0.1, 0.15) is 0 Å². The molecule has 0 heterocycles. The minimum atomic E-state index is 0.414. The molecule has 0 radical (unpaired) electrons. The number of nitrogens with one attached hydrogen (secondary N) is 1. The van der Waals surface area contributed by atoms with Crippen molar-refractivity contribution in [3.8, 4) is 0 Å². The minimum Gasteiger partial charge on any atom is -0.310 e. The van der Waals surface area contributed by atoms with E-state index in [0.717, 1.165) is 13.0 Å². The summed E-state index contributed by atoms with van der Waals surface area (Å²) in [5.41, 5.74) is 3.93. The first-order valence-electron chi connectivity index (χ1n) is 6.07. The molecule has 1 aromatic rings. The van der Waals surface area contributed by atoms with Gasteiger partial charge in [0.15, 0.2) is 0 Å². The van der Waals surface area contributed by atoms with Crippen LogP contribution in [0.4, 0.5) is 0 Å². The van der Waals surface area contributed by atoms with Gasteiger partial charge in [-0.1, -0.05) is 42.3 Å². The fourth-order valence-corrected chi connectivity index (χ4v) is 1.86. The maximum absolute atomic E-state index is 4.01. The Kier molecular flexibility index (Phi) is 5.27. The molecule has 0 amide bonds. The number of hydrogen-bond acceptors (Lipinski definition) is 1. The Bertz CT molecular complexity index is 341. The highest BCUT2D eigenvalue weighted by molar-refractivity contribution is 5.26. The highest BCUT2D eigenvalue weighted by atomic mass is 14.9. The topological polar surface area (TPSA) is 12.0 Å². The second-order valence-corrected chi connectivity index (χ2v) is 4.58. The third-order valence-corrected chi connectivity index (χ3v) is 2.64. The van der Waals surface area contributed by atoms with Crippen LogP contribution >= 0.6 is 0 Å². The Morgan fingerprint density at radius 3 is 2.75 bits per heavy atom. The van der Waals surface area contributed by atoms with Gasteiger partial charge in [-0.2, -0.15) is 0 Å². The molecule has 1 nitrogen and oxygen atoms in total. The van der Waals surface area contributed by atoms with Crippen molar-refractivity contribution in [2.75, 3.05) is 6.54 Å². The number of benzene rings is 1. The van der Waals surface area contributed by atoms with Crippen LogP contribution in [0, 0.1) is 6.92 Å². The third-order valence-electron chi connectivity index (χ3n) is 2.64. The Balaban J connectivity index is 2.78. The van der Waals surface area contributed by atoms with Crippen LogP contribution in [0.1, 0.15) is 43.9 Å². The lowest BCUT2D eigenvalue weighted by atomic mass is 9.98. The van der Waals surface area contributed by atoms with E-state index in [1.54, 1.807) is 0 Å². The van der Waals surface area contributed by atoms with Crippen LogP contribution in [-0.2, 0) is 0 Å². The molecule has 0 aliphatic carbocycles. The average molecular weight is 217 g/mol. The number of rotatable bonds is 6. The van der Waals surface area contributed by atoms with E-state index in [9.17, 15) is 0 Å². The summed E-state index contributed by atoms with van der Waals surface area (Å²) in [7, 11) is 0. The monoisotopic (exact) mass is 217 g/mol. The van der Waals surface area contributed by atoms with Crippen molar-refractivity contribution < 1.29 is 0 Å². The molecule has 0 aliphatic rings. The molecule has 0 spiro atoms. The molecule has 16 heavy (non-hydrogen) atoms. The van der Waals surface area contributed by atoms with Gasteiger partial charge in [0.05, 0.1) is 0 Å². The Labute approximate surface area is 99.6 Å². The van der Waals surface area contributed by atoms with E-state index in [-0.39, 0.29) is 0 Å². The molecule has 88 valence electrons. The van der Waals surface area contributed by atoms with Gasteiger partial charge in [0.25, 0.3) is 0 Å². The van der Waals surface area contributed by atoms with E-state index in [0.29, 0.717) is 6.04 Å². The molecular formula is C15H23N. The lowest BCUT2D eigenvalue weighted by Crippen LogP contribution is -2.22. The molecule has 1 atom stereocenters. The lowest BCUT2D eigenvalue weighted by molar-refractivity contribution is 0.528. The standard InChI is InChI=1S/C15H23N/c1-5-9-16-15(10-12(2)3)14-8-6-7-13(4)11-14/h6-8,11,15-16H,2,5,9-10H2,1,3-4H3. The minimum absolute atomic E-state index is 0.414.